The van der Waals surface area contributed by atoms with E-state index in [1.165, 1.54) is 0 Å². The van der Waals surface area contributed by atoms with Crippen molar-refractivity contribution < 1.29 is 19.2 Å². The lowest BCUT2D eigenvalue weighted by molar-refractivity contribution is -0.425. The molecule has 9 heteroatoms. The van der Waals surface area contributed by atoms with Crippen molar-refractivity contribution in [1.29, 1.82) is 0 Å². The van der Waals surface area contributed by atoms with Crippen LogP contribution in [0.25, 0.3) is 0 Å². The second-order valence-electron chi connectivity index (χ2n) is 4.74. The lowest BCUT2D eigenvalue weighted by atomic mass is 10.1. The first-order valence-corrected chi connectivity index (χ1v) is 8.34. The molecule has 1 atom stereocenters. The van der Waals surface area contributed by atoms with Gasteiger partial charge in [0.25, 0.3) is 5.70 Å². The van der Waals surface area contributed by atoms with E-state index in [9.17, 15) is 14.9 Å². The summed E-state index contributed by atoms with van der Waals surface area (Å²) in [5, 5.41) is 17.1. The van der Waals surface area contributed by atoms with Gasteiger partial charge in [0.2, 0.25) is 0 Å². The van der Waals surface area contributed by atoms with Crippen LogP contribution in [0.4, 0.5) is 0 Å². The van der Waals surface area contributed by atoms with E-state index < -0.39 is 4.92 Å². The molecule has 1 fully saturated rings. The molecule has 0 aliphatic carbocycles. The van der Waals surface area contributed by atoms with Crippen molar-refractivity contribution in [3.8, 4) is 0 Å². The Morgan fingerprint density at radius 1 is 1.50 bits per heavy atom. The van der Waals surface area contributed by atoms with Crippen molar-refractivity contribution >= 4 is 17.7 Å². The summed E-state index contributed by atoms with van der Waals surface area (Å²) < 4.78 is 10.1. The first-order valence-electron chi connectivity index (χ1n) is 7.18. The molecule has 0 amide bonds. The maximum Gasteiger partial charge on any atom is 0.315 e. The molecule has 0 aromatic heterocycles. The van der Waals surface area contributed by atoms with Crippen molar-refractivity contribution in [2.45, 2.75) is 13.3 Å². The fourth-order valence-electron chi connectivity index (χ4n) is 1.98. The predicted octanol–water partition coefficient (Wildman–Crippen LogP) is 0.574. The zero-order valence-electron chi connectivity index (χ0n) is 12.9. The zero-order valence-corrected chi connectivity index (χ0v) is 13.7. The smallest absolute Gasteiger partial charge is 0.315 e. The fourth-order valence-corrected chi connectivity index (χ4v) is 2.77. The van der Waals surface area contributed by atoms with Crippen LogP contribution in [0.2, 0.25) is 0 Å². The standard InChI is InChI=1S/C13H23N3O5S/c1-3-21-12(17)9-22-8-11(16(18)19)13(14-2)15-6-10-4-5-20-7-10/h10,14-15H,3-9H2,1-2H3. The number of carbonyl (C=O) groups excluding carboxylic acids is 1. The Labute approximate surface area is 134 Å². The first kappa shape index (κ1) is 18.6. The fraction of sp³-hybridized carbons (Fsp3) is 0.769. The Hall–Kier alpha value is -1.48. The van der Waals surface area contributed by atoms with E-state index in [1.807, 2.05) is 0 Å². The highest BCUT2D eigenvalue weighted by molar-refractivity contribution is 8.00. The van der Waals surface area contributed by atoms with E-state index in [1.54, 1.807) is 14.0 Å². The average molecular weight is 333 g/mol. The van der Waals surface area contributed by atoms with Gasteiger partial charge in [0.05, 0.1) is 29.6 Å². The number of carbonyl (C=O) groups is 1. The van der Waals surface area contributed by atoms with Gasteiger partial charge >= 0.3 is 5.97 Å². The Bertz CT molecular complexity index is 410. The van der Waals surface area contributed by atoms with Gasteiger partial charge in [0.1, 0.15) is 0 Å². The van der Waals surface area contributed by atoms with Crippen molar-refractivity contribution in [3.05, 3.63) is 21.6 Å². The van der Waals surface area contributed by atoms with Crippen LogP contribution >= 0.6 is 11.8 Å². The minimum absolute atomic E-state index is 0.0238. The van der Waals surface area contributed by atoms with Gasteiger partial charge in [-0.3, -0.25) is 14.9 Å². The van der Waals surface area contributed by atoms with Crippen molar-refractivity contribution in [2.24, 2.45) is 5.92 Å². The minimum Gasteiger partial charge on any atom is -0.465 e. The van der Waals surface area contributed by atoms with Crippen molar-refractivity contribution in [1.82, 2.24) is 10.6 Å². The van der Waals surface area contributed by atoms with E-state index in [-0.39, 0.29) is 23.2 Å². The van der Waals surface area contributed by atoms with Crippen LogP contribution < -0.4 is 10.6 Å². The lowest BCUT2D eigenvalue weighted by Crippen LogP contribution is -2.32. The van der Waals surface area contributed by atoms with Crippen LogP contribution in [0.1, 0.15) is 13.3 Å². The number of nitro groups is 1. The molecule has 1 saturated heterocycles. The predicted molar refractivity (Wildman–Crippen MR) is 84.0 cm³/mol. The van der Waals surface area contributed by atoms with Gasteiger partial charge in [-0.15, -0.1) is 11.8 Å². The molecule has 1 unspecified atom stereocenters. The summed E-state index contributed by atoms with van der Waals surface area (Å²) in [6.45, 7) is 4.07. The topological polar surface area (TPSA) is 103 Å². The van der Waals surface area contributed by atoms with E-state index in [0.717, 1.165) is 24.8 Å². The highest BCUT2D eigenvalue weighted by Crippen LogP contribution is 2.14. The van der Waals surface area contributed by atoms with Crippen LogP contribution in [0.15, 0.2) is 11.5 Å². The van der Waals surface area contributed by atoms with Gasteiger partial charge in [0.15, 0.2) is 5.82 Å². The number of nitrogens with zero attached hydrogens (tertiary/aromatic N) is 1. The molecule has 1 rings (SSSR count). The van der Waals surface area contributed by atoms with Crippen LogP contribution in [0.5, 0.6) is 0 Å². The van der Waals surface area contributed by atoms with Gasteiger partial charge in [0, 0.05) is 26.1 Å². The van der Waals surface area contributed by atoms with Gasteiger partial charge in [-0.2, -0.15) is 0 Å². The Balaban J connectivity index is 2.54. The minimum atomic E-state index is -0.428. The monoisotopic (exact) mass is 333 g/mol. The Morgan fingerprint density at radius 3 is 2.82 bits per heavy atom. The summed E-state index contributed by atoms with van der Waals surface area (Å²) in [5.41, 5.74) is 0.0238. The molecule has 1 aliphatic heterocycles. The summed E-state index contributed by atoms with van der Waals surface area (Å²) in [5.74, 6) is 0.600. The number of hydrogen-bond acceptors (Lipinski definition) is 8. The molecule has 0 aromatic rings. The maximum atomic E-state index is 11.3. The second-order valence-corrected chi connectivity index (χ2v) is 5.72. The molecule has 0 bridgehead atoms. The van der Waals surface area contributed by atoms with Crippen LogP contribution in [0.3, 0.4) is 0 Å². The molecule has 0 aromatic carbocycles. The quantitative estimate of drug-likeness (QED) is 0.340. The average Bonchev–Trinajstić information content (AvgIpc) is 2.99. The van der Waals surface area contributed by atoms with E-state index in [4.69, 9.17) is 9.47 Å². The SMILES string of the molecule is CCOC(=O)CSCC(=C(NC)NCC1CCOC1)[N+](=O)[O-]. The molecule has 1 aliphatic rings. The maximum absolute atomic E-state index is 11.3. The number of rotatable bonds is 10. The van der Waals surface area contributed by atoms with Crippen molar-refractivity contribution in [3.63, 3.8) is 0 Å². The number of ether oxygens (including phenoxy) is 2. The molecule has 1 heterocycles. The molecule has 0 spiro atoms. The molecule has 2 N–H and O–H groups in total. The molecule has 0 saturated carbocycles. The highest BCUT2D eigenvalue weighted by atomic mass is 32.2. The summed E-state index contributed by atoms with van der Waals surface area (Å²) in [6.07, 6.45) is 0.954. The first-order chi connectivity index (χ1) is 10.6. The largest absolute Gasteiger partial charge is 0.465 e. The Kier molecular flexibility index (Phi) is 8.68. The van der Waals surface area contributed by atoms with Crippen LogP contribution in [0, 0.1) is 16.0 Å². The van der Waals surface area contributed by atoms with Gasteiger partial charge in [-0.1, -0.05) is 0 Å². The molecule has 0 radical (unpaired) electrons. The number of esters is 1. The highest BCUT2D eigenvalue weighted by Gasteiger charge is 2.21. The molecular weight excluding hydrogens is 310 g/mol. The number of hydrogen-bond donors (Lipinski definition) is 2. The van der Waals surface area contributed by atoms with E-state index >= 15 is 0 Å². The molecule has 126 valence electrons. The van der Waals surface area contributed by atoms with Crippen LogP contribution in [-0.4, -0.2) is 55.8 Å². The summed E-state index contributed by atoms with van der Waals surface area (Å²) in [6, 6.07) is 0. The van der Waals surface area contributed by atoms with Crippen molar-refractivity contribution in [2.75, 3.05) is 44.9 Å². The number of nitrogens with one attached hydrogen (secondary N) is 2. The molecule has 22 heavy (non-hydrogen) atoms. The van der Waals surface area contributed by atoms with E-state index in [0.29, 0.717) is 31.5 Å². The normalized spacial score (nSPS) is 18.5. The third-order valence-electron chi connectivity index (χ3n) is 3.11. The Morgan fingerprint density at radius 2 is 2.27 bits per heavy atom. The summed E-state index contributed by atoms with van der Waals surface area (Å²) in [7, 11) is 1.63. The number of thioether (sulfide) groups is 1. The molecule has 8 nitrogen and oxygen atoms in total. The summed E-state index contributed by atoms with van der Waals surface area (Å²) >= 11 is 1.16. The van der Waals surface area contributed by atoms with Gasteiger partial charge < -0.3 is 20.1 Å². The second kappa shape index (κ2) is 10.3. The van der Waals surface area contributed by atoms with Crippen LogP contribution in [-0.2, 0) is 14.3 Å². The van der Waals surface area contributed by atoms with Gasteiger partial charge in [-0.05, 0) is 13.3 Å². The third-order valence-corrected chi connectivity index (χ3v) is 4.03. The van der Waals surface area contributed by atoms with E-state index in [2.05, 4.69) is 10.6 Å². The van der Waals surface area contributed by atoms with Gasteiger partial charge in [-0.25, -0.2) is 0 Å². The third kappa shape index (κ3) is 6.52. The summed E-state index contributed by atoms with van der Waals surface area (Å²) in [4.78, 5) is 22.0. The lowest BCUT2D eigenvalue weighted by Gasteiger charge is -2.14. The zero-order chi connectivity index (χ0) is 16.4. The molecular formula is C13H23N3O5S.